The number of carbonyl (C=O) groups is 1. The Balaban J connectivity index is 2.43. The van der Waals surface area contributed by atoms with Crippen molar-refractivity contribution >= 4 is 6.03 Å². The van der Waals surface area contributed by atoms with Crippen LogP contribution in [0, 0.1) is 0 Å². The molecule has 2 amide bonds. The Hall–Kier alpha value is -0.980. The van der Waals surface area contributed by atoms with Gasteiger partial charge in [-0.15, -0.1) is 0 Å². The van der Waals surface area contributed by atoms with E-state index >= 15 is 0 Å². The Morgan fingerprint density at radius 2 is 2.06 bits per heavy atom. The number of nitrogens with one attached hydrogen (secondary N) is 1. The van der Waals surface area contributed by atoms with Crippen LogP contribution in [-0.2, 0) is 0 Å². The SMILES string of the molecule is NCCN(CC(F)(F)F)C(=O)NC1CCC1. The van der Waals surface area contributed by atoms with Crippen LogP contribution in [0.4, 0.5) is 18.0 Å². The first kappa shape index (κ1) is 13.1. The molecule has 0 spiro atoms. The quantitative estimate of drug-likeness (QED) is 0.771. The van der Waals surface area contributed by atoms with Gasteiger partial charge in [-0.05, 0) is 19.3 Å². The molecule has 94 valence electrons. The van der Waals surface area contributed by atoms with Gasteiger partial charge in [0.25, 0.3) is 0 Å². The summed E-state index contributed by atoms with van der Waals surface area (Å²) in [6.45, 7) is -1.31. The fourth-order valence-corrected chi connectivity index (χ4v) is 1.44. The van der Waals surface area contributed by atoms with Gasteiger partial charge in [0.05, 0.1) is 0 Å². The number of carbonyl (C=O) groups excluding carboxylic acids is 1. The molecule has 7 heteroatoms. The molecule has 1 aliphatic rings. The summed E-state index contributed by atoms with van der Waals surface area (Å²) in [5.74, 6) is 0. The predicted octanol–water partition coefficient (Wildman–Crippen LogP) is 1.07. The Labute approximate surface area is 92.0 Å². The van der Waals surface area contributed by atoms with Crippen molar-refractivity contribution in [3.05, 3.63) is 0 Å². The predicted molar refractivity (Wildman–Crippen MR) is 52.9 cm³/mol. The smallest absolute Gasteiger partial charge is 0.335 e. The molecule has 0 saturated heterocycles. The van der Waals surface area contributed by atoms with Gasteiger partial charge in [0, 0.05) is 19.1 Å². The van der Waals surface area contributed by atoms with Crippen LogP contribution in [0.1, 0.15) is 19.3 Å². The van der Waals surface area contributed by atoms with E-state index in [0.29, 0.717) is 4.90 Å². The van der Waals surface area contributed by atoms with E-state index in [1.807, 2.05) is 0 Å². The Morgan fingerprint density at radius 1 is 1.44 bits per heavy atom. The molecule has 1 aliphatic carbocycles. The summed E-state index contributed by atoms with van der Waals surface area (Å²) < 4.78 is 36.5. The first-order valence-corrected chi connectivity index (χ1v) is 5.24. The fraction of sp³-hybridized carbons (Fsp3) is 0.889. The summed E-state index contributed by atoms with van der Waals surface area (Å²) in [6, 6.07) is -0.645. The lowest BCUT2D eigenvalue weighted by Crippen LogP contribution is -2.51. The maximum atomic E-state index is 12.2. The second kappa shape index (κ2) is 5.38. The summed E-state index contributed by atoms with van der Waals surface area (Å²) in [5, 5.41) is 2.56. The van der Waals surface area contributed by atoms with Crippen LogP contribution in [-0.4, -0.2) is 42.8 Å². The fourth-order valence-electron chi connectivity index (χ4n) is 1.44. The van der Waals surface area contributed by atoms with Gasteiger partial charge in [-0.1, -0.05) is 0 Å². The highest BCUT2D eigenvalue weighted by Gasteiger charge is 2.33. The lowest BCUT2D eigenvalue weighted by molar-refractivity contribution is -0.139. The molecule has 3 N–H and O–H groups in total. The molecule has 0 heterocycles. The summed E-state index contributed by atoms with van der Waals surface area (Å²) in [7, 11) is 0. The van der Waals surface area contributed by atoms with Crippen LogP contribution in [0.25, 0.3) is 0 Å². The minimum absolute atomic E-state index is 0.0220. The summed E-state index contributed by atoms with van der Waals surface area (Å²) in [6.07, 6.45) is -1.68. The van der Waals surface area contributed by atoms with Crippen LogP contribution >= 0.6 is 0 Å². The molecule has 16 heavy (non-hydrogen) atoms. The van der Waals surface area contributed by atoms with Gasteiger partial charge >= 0.3 is 12.2 Å². The third-order valence-corrected chi connectivity index (χ3v) is 2.49. The number of halogens is 3. The number of hydrogen-bond donors (Lipinski definition) is 2. The number of hydrogen-bond acceptors (Lipinski definition) is 2. The molecule has 1 fully saturated rings. The molecule has 0 unspecified atom stereocenters. The van der Waals surface area contributed by atoms with Crippen molar-refractivity contribution in [2.45, 2.75) is 31.5 Å². The molecule has 0 bridgehead atoms. The lowest BCUT2D eigenvalue weighted by Gasteiger charge is -2.30. The van der Waals surface area contributed by atoms with E-state index in [0.717, 1.165) is 19.3 Å². The van der Waals surface area contributed by atoms with Gasteiger partial charge in [0.2, 0.25) is 0 Å². The van der Waals surface area contributed by atoms with E-state index in [2.05, 4.69) is 5.32 Å². The second-order valence-corrected chi connectivity index (χ2v) is 3.90. The van der Waals surface area contributed by atoms with Gasteiger partial charge in [-0.25, -0.2) is 4.79 Å². The Kier molecular flexibility index (Phi) is 4.40. The molecule has 1 saturated carbocycles. The number of amides is 2. The van der Waals surface area contributed by atoms with Crippen molar-refractivity contribution < 1.29 is 18.0 Å². The number of nitrogens with two attached hydrogens (primary N) is 1. The highest BCUT2D eigenvalue weighted by Crippen LogP contribution is 2.19. The maximum Gasteiger partial charge on any atom is 0.406 e. The van der Waals surface area contributed by atoms with Crippen LogP contribution < -0.4 is 11.1 Å². The van der Waals surface area contributed by atoms with Crippen molar-refractivity contribution in [1.82, 2.24) is 10.2 Å². The number of nitrogens with zero attached hydrogens (tertiary/aromatic N) is 1. The van der Waals surface area contributed by atoms with Crippen molar-refractivity contribution in [1.29, 1.82) is 0 Å². The second-order valence-electron chi connectivity index (χ2n) is 3.90. The van der Waals surface area contributed by atoms with Crippen LogP contribution in [0.15, 0.2) is 0 Å². The molecule has 0 aromatic rings. The molecule has 4 nitrogen and oxygen atoms in total. The van der Waals surface area contributed by atoms with Gasteiger partial charge in [-0.2, -0.15) is 13.2 Å². The molecular formula is C9H16F3N3O. The zero-order valence-corrected chi connectivity index (χ0v) is 8.89. The van der Waals surface area contributed by atoms with Gasteiger partial charge in [-0.3, -0.25) is 0 Å². The highest BCUT2D eigenvalue weighted by molar-refractivity contribution is 5.74. The van der Waals surface area contributed by atoms with Crippen molar-refractivity contribution in [2.75, 3.05) is 19.6 Å². The van der Waals surface area contributed by atoms with Gasteiger partial charge in [0.1, 0.15) is 6.54 Å². The summed E-state index contributed by atoms with van der Waals surface area (Å²) >= 11 is 0. The molecule has 0 atom stereocenters. The first-order chi connectivity index (χ1) is 7.42. The van der Waals surface area contributed by atoms with E-state index in [-0.39, 0.29) is 19.1 Å². The standard InChI is InChI=1S/C9H16F3N3O/c10-9(11,12)6-15(5-4-13)8(16)14-7-2-1-3-7/h7H,1-6,13H2,(H,14,16). The van der Waals surface area contributed by atoms with E-state index in [4.69, 9.17) is 5.73 Å². The summed E-state index contributed by atoms with van der Waals surface area (Å²) in [4.78, 5) is 12.2. The minimum Gasteiger partial charge on any atom is -0.335 e. The normalized spacial score (nSPS) is 16.8. The topological polar surface area (TPSA) is 58.4 Å². The lowest BCUT2D eigenvalue weighted by atomic mass is 9.93. The first-order valence-electron chi connectivity index (χ1n) is 5.24. The van der Waals surface area contributed by atoms with E-state index in [1.54, 1.807) is 0 Å². The number of alkyl halides is 3. The average Bonchev–Trinajstić information content (AvgIpc) is 2.08. The highest BCUT2D eigenvalue weighted by atomic mass is 19.4. The molecule has 0 radical (unpaired) electrons. The zero-order valence-electron chi connectivity index (χ0n) is 8.89. The summed E-state index contributed by atoms with van der Waals surface area (Å²) in [5.41, 5.74) is 5.17. The molecule has 1 rings (SSSR count). The zero-order chi connectivity index (χ0) is 12.2. The van der Waals surface area contributed by atoms with Crippen molar-refractivity contribution in [3.63, 3.8) is 0 Å². The molecule has 0 aromatic carbocycles. The molecular weight excluding hydrogens is 223 g/mol. The number of urea groups is 1. The van der Waals surface area contributed by atoms with Crippen molar-refractivity contribution in [3.8, 4) is 0 Å². The van der Waals surface area contributed by atoms with E-state index in [9.17, 15) is 18.0 Å². The third-order valence-electron chi connectivity index (χ3n) is 2.49. The Bertz CT molecular complexity index is 241. The van der Waals surface area contributed by atoms with Crippen molar-refractivity contribution in [2.24, 2.45) is 5.73 Å². The van der Waals surface area contributed by atoms with Crippen LogP contribution in [0.2, 0.25) is 0 Å². The number of rotatable bonds is 4. The van der Waals surface area contributed by atoms with Crippen LogP contribution in [0.5, 0.6) is 0 Å². The monoisotopic (exact) mass is 239 g/mol. The molecule has 0 aromatic heterocycles. The maximum absolute atomic E-state index is 12.2. The van der Waals surface area contributed by atoms with Gasteiger partial charge < -0.3 is 16.0 Å². The van der Waals surface area contributed by atoms with E-state index in [1.165, 1.54) is 0 Å². The van der Waals surface area contributed by atoms with Crippen LogP contribution in [0.3, 0.4) is 0 Å². The average molecular weight is 239 g/mol. The van der Waals surface area contributed by atoms with E-state index < -0.39 is 18.8 Å². The molecule has 0 aliphatic heterocycles. The largest absolute Gasteiger partial charge is 0.406 e. The third kappa shape index (κ3) is 4.26. The van der Waals surface area contributed by atoms with Gasteiger partial charge in [0.15, 0.2) is 0 Å². The minimum atomic E-state index is -4.38. The Morgan fingerprint density at radius 3 is 2.44 bits per heavy atom.